The second-order valence-electron chi connectivity index (χ2n) is 6.07. The zero-order valence-electron chi connectivity index (χ0n) is 13.1. The number of rotatable bonds is 6. The molecule has 2 N–H and O–H groups in total. The Hall–Kier alpha value is -1.92. The van der Waals surface area contributed by atoms with E-state index in [-0.39, 0.29) is 12.0 Å². The van der Waals surface area contributed by atoms with Gasteiger partial charge in [-0.1, -0.05) is 12.1 Å². The molecule has 120 valence electrons. The lowest BCUT2D eigenvalue weighted by atomic mass is 9.97. The monoisotopic (exact) mass is 305 g/mol. The number of hydrogen-bond donors (Lipinski definition) is 2. The minimum Gasteiger partial charge on any atom is -0.481 e. The third-order valence-corrected chi connectivity index (χ3v) is 4.31. The highest BCUT2D eigenvalue weighted by atomic mass is 16.4. The topological polar surface area (TPSA) is 72.9 Å². The molecule has 0 spiro atoms. The van der Waals surface area contributed by atoms with Gasteiger partial charge in [-0.2, -0.15) is 0 Å². The summed E-state index contributed by atoms with van der Waals surface area (Å²) in [6, 6.07) is 7.11. The first-order valence-electron chi connectivity index (χ1n) is 7.39. The van der Waals surface area contributed by atoms with E-state index in [0.29, 0.717) is 6.54 Å². The molecule has 1 fully saturated rings. The fraction of sp³-hybridized carbons (Fsp3) is 0.500. The van der Waals surface area contributed by atoms with Gasteiger partial charge in [0.25, 0.3) is 0 Å². The largest absolute Gasteiger partial charge is 0.481 e. The van der Waals surface area contributed by atoms with Crippen LogP contribution in [0.2, 0.25) is 0 Å². The maximum absolute atomic E-state index is 11.5. The molecular weight excluding hydrogens is 282 g/mol. The predicted molar refractivity (Wildman–Crippen MR) is 85.1 cm³/mol. The maximum atomic E-state index is 11.5. The van der Waals surface area contributed by atoms with Gasteiger partial charge < -0.3 is 15.3 Å². The summed E-state index contributed by atoms with van der Waals surface area (Å²) >= 11 is 0. The van der Waals surface area contributed by atoms with E-state index in [9.17, 15) is 9.59 Å². The number of piperazine rings is 1. The Balaban J connectivity index is 2.10. The van der Waals surface area contributed by atoms with Crippen LogP contribution in [0.5, 0.6) is 0 Å². The van der Waals surface area contributed by atoms with E-state index in [2.05, 4.69) is 24.2 Å². The second-order valence-corrected chi connectivity index (χ2v) is 6.07. The highest BCUT2D eigenvalue weighted by Gasteiger charge is 2.33. The molecule has 0 saturated carbocycles. The predicted octanol–water partition coefficient (Wildman–Crippen LogP) is 0.570. The van der Waals surface area contributed by atoms with Crippen molar-refractivity contribution in [2.75, 3.05) is 38.1 Å². The van der Waals surface area contributed by atoms with Crippen molar-refractivity contribution >= 4 is 18.1 Å². The number of hydrogen-bond acceptors (Lipinski definition) is 4. The molecule has 1 aromatic carbocycles. The van der Waals surface area contributed by atoms with Crippen LogP contribution in [0.15, 0.2) is 24.3 Å². The Morgan fingerprint density at radius 2 is 2.14 bits per heavy atom. The van der Waals surface area contributed by atoms with E-state index in [4.69, 9.17) is 5.11 Å². The second kappa shape index (κ2) is 6.89. The number of benzene rings is 1. The first kappa shape index (κ1) is 16.5. The number of carboxylic acid groups (broad SMARTS) is 1. The van der Waals surface area contributed by atoms with Crippen LogP contribution in [-0.4, -0.2) is 61.2 Å². The van der Waals surface area contributed by atoms with Gasteiger partial charge in [0.05, 0.1) is 6.42 Å². The van der Waals surface area contributed by atoms with Crippen LogP contribution >= 0.6 is 0 Å². The van der Waals surface area contributed by atoms with Gasteiger partial charge in [0.2, 0.25) is 6.41 Å². The number of carbonyl (C=O) groups excluding carboxylic acids is 1. The van der Waals surface area contributed by atoms with Crippen molar-refractivity contribution in [1.82, 2.24) is 10.2 Å². The van der Waals surface area contributed by atoms with Gasteiger partial charge in [0.1, 0.15) is 0 Å². The highest BCUT2D eigenvalue weighted by molar-refractivity contribution is 5.76. The van der Waals surface area contributed by atoms with Gasteiger partial charge in [-0.15, -0.1) is 0 Å². The number of carboxylic acids is 1. The Labute approximate surface area is 130 Å². The zero-order valence-corrected chi connectivity index (χ0v) is 13.1. The summed E-state index contributed by atoms with van der Waals surface area (Å²) in [7, 11) is 2.07. The first-order chi connectivity index (χ1) is 10.4. The van der Waals surface area contributed by atoms with Gasteiger partial charge in [-0.25, -0.2) is 0 Å². The summed E-state index contributed by atoms with van der Waals surface area (Å²) in [5.74, 6) is -0.859. The van der Waals surface area contributed by atoms with Gasteiger partial charge in [-0.05, 0) is 31.7 Å². The summed E-state index contributed by atoms with van der Waals surface area (Å²) in [6.45, 7) is 5.44. The third kappa shape index (κ3) is 3.84. The van der Waals surface area contributed by atoms with Crippen molar-refractivity contribution in [2.24, 2.45) is 0 Å². The summed E-state index contributed by atoms with van der Waals surface area (Å²) in [5.41, 5.74) is 1.38. The summed E-state index contributed by atoms with van der Waals surface area (Å²) in [4.78, 5) is 26.1. The molecule has 1 heterocycles. The van der Waals surface area contributed by atoms with Gasteiger partial charge >= 0.3 is 5.97 Å². The lowest BCUT2D eigenvalue weighted by Gasteiger charge is -2.45. The first-order valence-corrected chi connectivity index (χ1v) is 7.39. The number of nitrogens with one attached hydrogen (secondary N) is 1. The molecule has 1 aliphatic heterocycles. The molecule has 2 rings (SSSR count). The normalized spacial score (nSPS) is 22.3. The van der Waals surface area contributed by atoms with Gasteiger partial charge in [0, 0.05) is 37.4 Å². The van der Waals surface area contributed by atoms with E-state index in [0.717, 1.165) is 37.3 Å². The fourth-order valence-electron chi connectivity index (χ4n) is 2.72. The Bertz CT molecular complexity index is 532. The molecule has 22 heavy (non-hydrogen) atoms. The van der Waals surface area contributed by atoms with Crippen LogP contribution in [-0.2, 0) is 16.0 Å². The summed E-state index contributed by atoms with van der Waals surface area (Å²) in [5, 5.41) is 12.2. The van der Waals surface area contributed by atoms with Gasteiger partial charge in [-0.3, -0.25) is 14.5 Å². The van der Waals surface area contributed by atoms with Crippen LogP contribution in [0, 0.1) is 0 Å². The van der Waals surface area contributed by atoms with Crippen molar-refractivity contribution in [3.8, 4) is 0 Å². The zero-order chi connectivity index (χ0) is 16.2. The number of likely N-dealkylation sites (N-methyl/N-ethyl adjacent to an activating group) is 1. The average Bonchev–Trinajstić information content (AvgIpc) is 2.48. The van der Waals surface area contributed by atoms with E-state index in [1.165, 1.54) is 0 Å². The molecule has 1 aromatic rings. The minimum atomic E-state index is -0.859. The molecule has 6 nitrogen and oxygen atoms in total. The quantitative estimate of drug-likeness (QED) is 0.752. The van der Waals surface area contributed by atoms with E-state index in [1.807, 2.05) is 0 Å². The number of carbonyl (C=O) groups is 2. The smallest absolute Gasteiger partial charge is 0.307 e. The molecule has 1 atom stereocenters. The van der Waals surface area contributed by atoms with E-state index >= 15 is 0 Å². The fourth-order valence-corrected chi connectivity index (χ4v) is 2.72. The molecular formula is C16H23N3O3. The molecule has 0 radical (unpaired) electrons. The van der Waals surface area contributed by atoms with Crippen molar-refractivity contribution in [3.63, 3.8) is 0 Å². The maximum Gasteiger partial charge on any atom is 0.307 e. The molecule has 6 heteroatoms. The SMILES string of the molecule is CN1CCNCC1(C)CN(C=O)c1ccc(CC(=O)O)cc1. The van der Waals surface area contributed by atoms with Crippen molar-refractivity contribution in [3.05, 3.63) is 29.8 Å². The molecule has 0 aliphatic carbocycles. The van der Waals surface area contributed by atoms with Crippen LogP contribution in [0.3, 0.4) is 0 Å². The molecule has 1 aliphatic rings. The molecule has 0 bridgehead atoms. The Morgan fingerprint density at radius 3 is 2.68 bits per heavy atom. The number of amides is 1. The molecule has 1 amide bonds. The summed E-state index contributed by atoms with van der Waals surface area (Å²) in [6.07, 6.45) is 0.825. The lowest BCUT2D eigenvalue weighted by Crippen LogP contribution is -2.62. The van der Waals surface area contributed by atoms with Crippen molar-refractivity contribution < 1.29 is 14.7 Å². The van der Waals surface area contributed by atoms with Crippen molar-refractivity contribution in [1.29, 1.82) is 0 Å². The Kier molecular flexibility index (Phi) is 5.15. The van der Waals surface area contributed by atoms with E-state index < -0.39 is 5.97 Å². The Morgan fingerprint density at radius 1 is 1.45 bits per heavy atom. The average molecular weight is 305 g/mol. The minimum absolute atomic E-state index is 0.00819. The van der Waals surface area contributed by atoms with Crippen LogP contribution < -0.4 is 10.2 Å². The van der Waals surface area contributed by atoms with E-state index in [1.54, 1.807) is 29.2 Å². The molecule has 0 aromatic heterocycles. The van der Waals surface area contributed by atoms with Gasteiger partial charge in [0.15, 0.2) is 0 Å². The summed E-state index contributed by atoms with van der Waals surface area (Å²) < 4.78 is 0. The van der Waals surface area contributed by atoms with Crippen molar-refractivity contribution in [2.45, 2.75) is 18.9 Å². The molecule has 1 unspecified atom stereocenters. The third-order valence-electron chi connectivity index (χ3n) is 4.31. The highest BCUT2D eigenvalue weighted by Crippen LogP contribution is 2.21. The van der Waals surface area contributed by atoms with Crippen LogP contribution in [0.4, 0.5) is 5.69 Å². The lowest BCUT2D eigenvalue weighted by molar-refractivity contribution is -0.136. The molecule has 1 saturated heterocycles. The number of nitrogens with zero attached hydrogens (tertiary/aromatic N) is 2. The van der Waals surface area contributed by atoms with Crippen LogP contribution in [0.25, 0.3) is 0 Å². The number of anilines is 1. The number of aliphatic carboxylic acids is 1. The van der Waals surface area contributed by atoms with Crippen LogP contribution in [0.1, 0.15) is 12.5 Å². The standard InChI is InChI=1S/C16H23N3O3/c1-16(10-17-7-8-18(16)2)11-19(12-20)14-5-3-13(4-6-14)9-15(21)22/h3-6,12,17H,7-11H2,1-2H3,(H,21,22).